The van der Waals surface area contributed by atoms with E-state index >= 15 is 0 Å². The van der Waals surface area contributed by atoms with Gasteiger partial charge in [0.15, 0.2) is 0 Å². The van der Waals surface area contributed by atoms with Crippen molar-refractivity contribution in [2.75, 3.05) is 7.11 Å². The van der Waals surface area contributed by atoms with Gasteiger partial charge in [0.1, 0.15) is 0 Å². The van der Waals surface area contributed by atoms with Crippen LogP contribution in [0.15, 0.2) is 17.2 Å². The van der Waals surface area contributed by atoms with Crippen LogP contribution in [0.4, 0.5) is 0 Å². The number of aryl methyl sites for hydroxylation is 1. The fraction of sp³-hybridized carbons (Fsp3) is 0.692. The Hall–Kier alpha value is -0.890. The zero-order valence-electron chi connectivity index (χ0n) is 11.9. The van der Waals surface area contributed by atoms with Crippen molar-refractivity contribution in [1.29, 1.82) is 0 Å². The van der Waals surface area contributed by atoms with E-state index in [9.17, 15) is 13.5 Å². The summed E-state index contributed by atoms with van der Waals surface area (Å²) in [5.41, 5.74) is 0.606. The number of hydrogen-bond acceptors (Lipinski definition) is 4. The van der Waals surface area contributed by atoms with Gasteiger partial charge >= 0.3 is 0 Å². The second-order valence-electron chi connectivity index (χ2n) is 5.10. The number of aliphatic hydroxyl groups is 1. The van der Waals surface area contributed by atoms with E-state index in [1.54, 1.807) is 17.9 Å². The molecule has 1 heterocycles. The zero-order chi connectivity index (χ0) is 14.8. The summed E-state index contributed by atoms with van der Waals surface area (Å²) in [6.45, 7) is 2.36. The largest absolute Gasteiger partial charge is 0.390 e. The number of nitrogens with zero attached hydrogens (tertiary/aromatic N) is 1. The number of aromatic nitrogens is 1. The Morgan fingerprint density at radius 2 is 2.25 bits per heavy atom. The van der Waals surface area contributed by atoms with Crippen molar-refractivity contribution in [2.24, 2.45) is 0 Å². The number of ether oxygens (including phenoxy) is 1. The zero-order valence-corrected chi connectivity index (χ0v) is 12.7. The Balaban J connectivity index is 2.12. The molecule has 1 aromatic heterocycles. The van der Waals surface area contributed by atoms with E-state index in [0.29, 0.717) is 18.7 Å². The third-order valence-corrected chi connectivity index (χ3v) is 5.30. The maximum absolute atomic E-state index is 12.3. The second-order valence-corrected chi connectivity index (χ2v) is 6.81. The molecular weight excluding hydrogens is 280 g/mol. The molecular formula is C13H22N2O4S. The minimum absolute atomic E-state index is 0.0764. The summed E-state index contributed by atoms with van der Waals surface area (Å²) in [5, 5.41) is 9.23. The van der Waals surface area contributed by atoms with Gasteiger partial charge in [-0.3, -0.25) is 0 Å². The maximum atomic E-state index is 12.3. The minimum Gasteiger partial charge on any atom is -0.390 e. The topological polar surface area (TPSA) is 80.6 Å². The molecule has 114 valence electrons. The third-order valence-electron chi connectivity index (χ3n) is 3.81. The number of nitrogens with one attached hydrogen (secondary N) is 1. The van der Waals surface area contributed by atoms with Gasteiger partial charge in [-0.2, -0.15) is 0 Å². The highest BCUT2D eigenvalue weighted by Crippen LogP contribution is 2.24. The lowest BCUT2D eigenvalue weighted by Crippen LogP contribution is -2.33. The van der Waals surface area contributed by atoms with E-state index in [0.717, 1.165) is 12.8 Å². The van der Waals surface area contributed by atoms with Crippen molar-refractivity contribution in [3.8, 4) is 0 Å². The molecule has 6 nitrogen and oxygen atoms in total. The predicted molar refractivity (Wildman–Crippen MR) is 74.8 cm³/mol. The summed E-state index contributed by atoms with van der Waals surface area (Å²) in [6, 6.07) is 1.45. The van der Waals surface area contributed by atoms with Crippen LogP contribution in [0.5, 0.6) is 0 Å². The monoisotopic (exact) mass is 302 g/mol. The van der Waals surface area contributed by atoms with Crippen LogP contribution in [-0.4, -0.2) is 37.3 Å². The van der Waals surface area contributed by atoms with Gasteiger partial charge in [0.2, 0.25) is 10.0 Å². The lowest BCUT2D eigenvalue weighted by molar-refractivity contribution is 0.107. The second kappa shape index (κ2) is 6.26. The molecule has 2 unspecified atom stereocenters. The summed E-state index contributed by atoms with van der Waals surface area (Å²) in [7, 11) is -1.89. The highest BCUT2D eigenvalue weighted by molar-refractivity contribution is 7.89. The Kier molecular flexibility index (Phi) is 4.85. The minimum atomic E-state index is -3.53. The van der Waals surface area contributed by atoms with Crippen LogP contribution in [0.25, 0.3) is 0 Å². The highest BCUT2D eigenvalue weighted by Gasteiger charge is 2.29. The number of hydrogen-bond donors (Lipinski definition) is 2. The quantitative estimate of drug-likeness (QED) is 0.816. The van der Waals surface area contributed by atoms with Crippen molar-refractivity contribution in [3.05, 3.63) is 18.0 Å². The fourth-order valence-corrected chi connectivity index (χ4v) is 3.99. The van der Waals surface area contributed by atoms with Crippen molar-refractivity contribution < 1.29 is 18.3 Å². The summed E-state index contributed by atoms with van der Waals surface area (Å²) in [6.07, 6.45) is 4.07. The molecule has 20 heavy (non-hydrogen) atoms. The smallest absolute Gasteiger partial charge is 0.242 e. The van der Waals surface area contributed by atoms with Crippen LogP contribution in [0.1, 0.15) is 31.9 Å². The molecule has 2 rings (SSSR count). The first-order chi connectivity index (χ1) is 9.50. The molecule has 1 aliphatic carbocycles. The van der Waals surface area contributed by atoms with Gasteiger partial charge in [-0.05, 0) is 32.3 Å². The molecule has 1 aliphatic rings. The van der Waals surface area contributed by atoms with Gasteiger partial charge in [0.05, 0.1) is 17.6 Å². The molecule has 7 heteroatoms. The Morgan fingerprint density at radius 3 is 2.75 bits per heavy atom. The molecule has 0 amide bonds. The van der Waals surface area contributed by atoms with Crippen molar-refractivity contribution >= 4 is 10.0 Å². The number of rotatable bonds is 6. The Bertz CT molecular complexity index is 531. The molecule has 1 fully saturated rings. The van der Waals surface area contributed by atoms with Crippen molar-refractivity contribution in [2.45, 2.75) is 56.4 Å². The van der Waals surface area contributed by atoms with E-state index in [1.807, 2.05) is 6.92 Å². The average molecular weight is 302 g/mol. The molecule has 0 aliphatic heterocycles. The average Bonchev–Trinajstić information content (AvgIpc) is 3.03. The van der Waals surface area contributed by atoms with E-state index in [4.69, 9.17) is 4.74 Å². The first-order valence-electron chi connectivity index (χ1n) is 6.85. The van der Waals surface area contributed by atoms with Gasteiger partial charge in [-0.1, -0.05) is 0 Å². The lowest BCUT2D eigenvalue weighted by Gasteiger charge is -2.12. The van der Waals surface area contributed by atoms with Crippen LogP contribution in [0.2, 0.25) is 0 Å². The molecule has 0 bridgehead atoms. The fourth-order valence-electron chi connectivity index (χ4n) is 2.65. The standard InChI is InChI=1S/C13H22N2O4S/c1-3-15-8-13(7-11(15)9-16)20(17,18)14-10-4-5-12(6-10)19-2/h7-8,10,12,14,16H,3-6,9H2,1-2H3. The molecule has 0 spiro atoms. The SMILES string of the molecule is CCn1cc(S(=O)(=O)NC2CCC(OC)C2)cc1CO. The molecule has 0 aromatic carbocycles. The predicted octanol–water partition coefficient (Wildman–Crippen LogP) is 0.846. The molecule has 2 N–H and O–H groups in total. The van der Waals surface area contributed by atoms with Crippen molar-refractivity contribution in [3.63, 3.8) is 0 Å². The van der Waals surface area contributed by atoms with Crippen LogP contribution in [0, 0.1) is 0 Å². The molecule has 1 saturated carbocycles. The van der Waals surface area contributed by atoms with E-state index in [-0.39, 0.29) is 23.6 Å². The Labute approximate surface area is 119 Å². The first kappa shape index (κ1) is 15.5. The normalized spacial score (nSPS) is 23.4. The van der Waals surface area contributed by atoms with Gasteiger partial charge in [0.25, 0.3) is 0 Å². The highest BCUT2D eigenvalue weighted by atomic mass is 32.2. The lowest BCUT2D eigenvalue weighted by atomic mass is 10.3. The number of methoxy groups -OCH3 is 1. The number of aliphatic hydroxyl groups excluding tert-OH is 1. The van der Waals surface area contributed by atoms with Gasteiger partial charge in [0, 0.05) is 31.6 Å². The third kappa shape index (κ3) is 3.22. The summed E-state index contributed by atoms with van der Waals surface area (Å²) in [5.74, 6) is 0. The maximum Gasteiger partial charge on any atom is 0.242 e. The van der Waals surface area contributed by atoms with Gasteiger partial charge in [-0.15, -0.1) is 0 Å². The summed E-state index contributed by atoms with van der Waals surface area (Å²) in [4.78, 5) is 0.212. The molecule has 0 radical (unpaired) electrons. The van der Waals surface area contributed by atoms with Crippen LogP contribution >= 0.6 is 0 Å². The molecule has 0 saturated heterocycles. The first-order valence-corrected chi connectivity index (χ1v) is 8.33. The van der Waals surface area contributed by atoms with E-state index < -0.39 is 10.0 Å². The Morgan fingerprint density at radius 1 is 1.50 bits per heavy atom. The number of sulfonamides is 1. The summed E-state index contributed by atoms with van der Waals surface area (Å²) < 4.78 is 34.4. The van der Waals surface area contributed by atoms with E-state index in [1.165, 1.54) is 6.07 Å². The summed E-state index contributed by atoms with van der Waals surface area (Å²) >= 11 is 0. The van der Waals surface area contributed by atoms with Gasteiger partial charge < -0.3 is 14.4 Å². The van der Waals surface area contributed by atoms with Crippen LogP contribution in [-0.2, 0) is 27.9 Å². The van der Waals surface area contributed by atoms with Crippen molar-refractivity contribution in [1.82, 2.24) is 9.29 Å². The van der Waals surface area contributed by atoms with Gasteiger partial charge in [-0.25, -0.2) is 13.1 Å². The molecule has 1 aromatic rings. The van der Waals surface area contributed by atoms with Crippen LogP contribution in [0.3, 0.4) is 0 Å². The molecule has 2 atom stereocenters. The van der Waals surface area contributed by atoms with Crippen LogP contribution < -0.4 is 4.72 Å². The van der Waals surface area contributed by atoms with E-state index in [2.05, 4.69) is 4.72 Å².